The number of hydrogen-bond donors (Lipinski definition) is 0. The van der Waals surface area contributed by atoms with E-state index in [1.165, 1.54) is 11.1 Å². The van der Waals surface area contributed by atoms with Crippen LogP contribution in [-0.4, -0.2) is 55.9 Å². The van der Waals surface area contributed by atoms with Gasteiger partial charge in [0.05, 0.1) is 39.6 Å². The number of rotatable bonds is 7. The summed E-state index contributed by atoms with van der Waals surface area (Å²) in [5.74, 6) is 2.10. The van der Waals surface area contributed by atoms with Crippen LogP contribution >= 0.6 is 0 Å². The average Bonchev–Trinajstić information content (AvgIpc) is 3.38. The molecule has 0 aromatic heterocycles. The summed E-state index contributed by atoms with van der Waals surface area (Å²) in [4.78, 5) is 15.9. The van der Waals surface area contributed by atoms with Gasteiger partial charge in [0.15, 0.2) is 0 Å². The highest BCUT2D eigenvalue weighted by molar-refractivity contribution is 6.03. The molecule has 2 heterocycles. The molecule has 0 unspecified atom stereocenters. The topological polar surface area (TPSA) is 63.6 Å². The quantitative estimate of drug-likeness (QED) is 0.495. The van der Waals surface area contributed by atoms with Gasteiger partial charge in [0, 0.05) is 36.7 Å². The molecule has 0 bridgehead atoms. The zero-order valence-corrected chi connectivity index (χ0v) is 20.9. The number of nitrogens with zero attached hydrogens (tertiary/aromatic N) is 3. The van der Waals surface area contributed by atoms with Gasteiger partial charge in [0.1, 0.15) is 17.2 Å². The van der Waals surface area contributed by atoms with Crippen molar-refractivity contribution in [2.75, 3.05) is 34.4 Å². The zero-order chi connectivity index (χ0) is 25.1. The molecule has 3 aromatic rings. The molecule has 0 fully saturated rings. The molecule has 7 nitrogen and oxygen atoms in total. The highest BCUT2D eigenvalue weighted by atomic mass is 16.5. The second kappa shape index (κ2) is 10.4. The maximum atomic E-state index is 13.7. The van der Waals surface area contributed by atoms with Crippen molar-refractivity contribution >= 4 is 11.6 Å². The number of carbonyl (C=O) groups excluding carboxylic acids is 1. The fourth-order valence-corrected chi connectivity index (χ4v) is 5.01. The van der Waals surface area contributed by atoms with Crippen LogP contribution in [0.4, 0.5) is 0 Å². The van der Waals surface area contributed by atoms with Gasteiger partial charge >= 0.3 is 0 Å². The molecular weight excluding hydrogens is 454 g/mol. The van der Waals surface area contributed by atoms with Crippen LogP contribution in [0.15, 0.2) is 71.8 Å². The van der Waals surface area contributed by atoms with E-state index in [0.29, 0.717) is 24.5 Å². The Balaban J connectivity index is 1.45. The Hall–Kier alpha value is -3.84. The molecule has 5 rings (SSSR count). The number of benzene rings is 3. The van der Waals surface area contributed by atoms with Gasteiger partial charge in [-0.3, -0.25) is 9.69 Å². The summed E-state index contributed by atoms with van der Waals surface area (Å²) in [7, 11) is 4.90. The van der Waals surface area contributed by atoms with Crippen LogP contribution in [0.5, 0.6) is 17.2 Å². The van der Waals surface area contributed by atoms with Gasteiger partial charge in [0.2, 0.25) is 0 Å². The van der Waals surface area contributed by atoms with Crippen LogP contribution < -0.4 is 14.2 Å². The summed E-state index contributed by atoms with van der Waals surface area (Å²) in [5.41, 5.74) is 5.33. The molecule has 0 spiro atoms. The lowest BCUT2D eigenvalue weighted by Crippen LogP contribution is -2.40. The van der Waals surface area contributed by atoms with E-state index in [4.69, 9.17) is 19.3 Å². The maximum absolute atomic E-state index is 13.7. The Morgan fingerprint density at radius 2 is 1.69 bits per heavy atom. The predicted molar refractivity (Wildman–Crippen MR) is 139 cm³/mol. The normalized spacial score (nSPS) is 17.4. The van der Waals surface area contributed by atoms with Gasteiger partial charge in [-0.25, -0.2) is 5.01 Å². The molecule has 186 valence electrons. The molecule has 0 saturated carbocycles. The number of amides is 1. The molecule has 36 heavy (non-hydrogen) atoms. The maximum Gasteiger partial charge on any atom is 0.257 e. The first-order chi connectivity index (χ1) is 17.6. The van der Waals surface area contributed by atoms with Crippen molar-refractivity contribution in [2.45, 2.75) is 25.4 Å². The van der Waals surface area contributed by atoms with Crippen molar-refractivity contribution in [3.8, 4) is 17.2 Å². The average molecular weight is 486 g/mol. The Morgan fingerprint density at radius 1 is 0.917 bits per heavy atom. The molecule has 0 saturated heterocycles. The molecule has 0 radical (unpaired) electrons. The van der Waals surface area contributed by atoms with Gasteiger partial charge in [-0.2, -0.15) is 5.10 Å². The van der Waals surface area contributed by atoms with Crippen LogP contribution in [0.1, 0.15) is 34.7 Å². The highest BCUT2D eigenvalue weighted by Crippen LogP contribution is 2.39. The van der Waals surface area contributed by atoms with Gasteiger partial charge in [-0.15, -0.1) is 0 Å². The molecular formula is C29H31N3O4. The minimum Gasteiger partial charge on any atom is -0.497 e. The minimum absolute atomic E-state index is 0.0323. The molecule has 0 N–H and O–H groups in total. The van der Waals surface area contributed by atoms with Crippen molar-refractivity contribution in [2.24, 2.45) is 5.10 Å². The number of hydrazone groups is 1. The van der Waals surface area contributed by atoms with E-state index in [-0.39, 0.29) is 11.9 Å². The van der Waals surface area contributed by atoms with Crippen LogP contribution in [0.25, 0.3) is 0 Å². The lowest BCUT2D eigenvalue weighted by Gasteiger charge is -2.30. The van der Waals surface area contributed by atoms with E-state index in [1.807, 2.05) is 42.5 Å². The van der Waals surface area contributed by atoms with E-state index in [9.17, 15) is 4.79 Å². The first kappa shape index (κ1) is 23.9. The third-order valence-corrected chi connectivity index (χ3v) is 6.94. The van der Waals surface area contributed by atoms with Crippen molar-refractivity contribution in [1.29, 1.82) is 0 Å². The third kappa shape index (κ3) is 4.79. The number of hydrogen-bond acceptors (Lipinski definition) is 6. The zero-order valence-electron chi connectivity index (χ0n) is 20.9. The lowest BCUT2D eigenvalue weighted by atomic mass is 9.97. The predicted octanol–water partition coefficient (Wildman–Crippen LogP) is 4.45. The number of carbonyl (C=O) groups is 1. The summed E-state index contributed by atoms with van der Waals surface area (Å²) < 4.78 is 16.5. The first-order valence-corrected chi connectivity index (χ1v) is 12.1. The lowest BCUT2D eigenvalue weighted by molar-refractivity contribution is -0.134. The van der Waals surface area contributed by atoms with Gasteiger partial charge in [0.25, 0.3) is 5.91 Å². The third-order valence-electron chi connectivity index (χ3n) is 6.94. The minimum atomic E-state index is -0.281. The van der Waals surface area contributed by atoms with Gasteiger partial charge < -0.3 is 14.2 Å². The Morgan fingerprint density at radius 3 is 2.47 bits per heavy atom. The summed E-state index contributed by atoms with van der Waals surface area (Å²) in [5, 5.41) is 6.49. The van der Waals surface area contributed by atoms with Crippen LogP contribution in [0, 0.1) is 0 Å². The second-order valence-electron chi connectivity index (χ2n) is 9.07. The van der Waals surface area contributed by atoms with E-state index in [0.717, 1.165) is 42.1 Å². The van der Waals surface area contributed by atoms with Crippen molar-refractivity contribution in [1.82, 2.24) is 9.91 Å². The van der Waals surface area contributed by atoms with Crippen LogP contribution in [-0.2, 0) is 17.8 Å². The van der Waals surface area contributed by atoms with Gasteiger partial charge in [-0.1, -0.05) is 36.4 Å². The smallest absolute Gasteiger partial charge is 0.257 e. The molecule has 7 heteroatoms. The molecule has 1 amide bonds. The van der Waals surface area contributed by atoms with Crippen LogP contribution in [0.3, 0.4) is 0 Å². The fraction of sp³-hybridized carbons (Fsp3) is 0.310. The molecule has 1 atom stereocenters. The monoisotopic (exact) mass is 485 g/mol. The molecule has 2 aliphatic heterocycles. The number of ether oxygens (including phenoxy) is 3. The second-order valence-corrected chi connectivity index (χ2v) is 9.07. The molecule has 3 aromatic carbocycles. The molecule has 0 aliphatic carbocycles. The van der Waals surface area contributed by atoms with Crippen molar-refractivity contribution in [3.63, 3.8) is 0 Å². The first-order valence-electron chi connectivity index (χ1n) is 12.1. The molecule has 2 aliphatic rings. The van der Waals surface area contributed by atoms with E-state index in [2.05, 4.69) is 29.2 Å². The van der Waals surface area contributed by atoms with Gasteiger partial charge in [-0.05, 0) is 41.8 Å². The summed E-state index contributed by atoms with van der Waals surface area (Å²) in [6.07, 6.45) is 1.52. The SMILES string of the molecule is COc1cccc(C2=NN(C(=O)CN3CCc4ccccc4C3)[C@H](c3ccc(OC)cc3OC)C2)c1. The largest absolute Gasteiger partial charge is 0.497 e. The number of methoxy groups -OCH3 is 3. The van der Waals surface area contributed by atoms with E-state index < -0.39 is 0 Å². The number of fused-ring (bicyclic) bond motifs is 1. The Labute approximate surface area is 211 Å². The Kier molecular flexibility index (Phi) is 6.91. The fourth-order valence-electron chi connectivity index (χ4n) is 5.01. The van der Waals surface area contributed by atoms with E-state index >= 15 is 0 Å². The van der Waals surface area contributed by atoms with E-state index in [1.54, 1.807) is 26.3 Å². The summed E-state index contributed by atoms with van der Waals surface area (Å²) >= 11 is 0. The summed E-state index contributed by atoms with van der Waals surface area (Å²) in [6.45, 7) is 1.91. The summed E-state index contributed by atoms with van der Waals surface area (Å²) in [6, 6.07) is 21.7. The van der Waals surface area contributed by atoms with Crippen LogP contribution in [0.2, 0.25) is 0 Å². The standard InChI is InChI=1S/C29H31N3O4/c1-34-23-10-6-9-21(15-23)26-17-27(25-12-11-24(35-2)16-28(25)36-3)32(30-26)29(33)19-31-14-13-20-7-4-5-8-22(20)18-31/h4-12,15-16,27H,13-14,17-19H2,1-3H3/t27-/m0/s1. The van der Waals surface area contributed by atoms with Crippen molar-refractivity contribution in [3.05, 3.63) is 89.0 Å². The Bertz CT molecular complexity index is 1290. The highest BCUT2D eigenvalue weighted by Gasteiger charge is 2.36. The van der Waals surface area contributed by atoms with Crippen molar-refractivity contribution < 1.29 is 19.0 Å².